The maximum absolute atomic E-state index is 12.2. The Kier molecular flexibility index (Phi) is 6.31. The third kappa shape index (κ3) is 4.89. The summed E-state index contributed by atoms with van der Waals surface area (Å²) in [6, 6.07) is 14.0. The molecule has 1 unspecified atom stereocenters. The summed E-state index contributed by atoms with van der Waals surface area (Å²) in [5, 5.41) is 3.04. The van der Waals surface area contributed by atoms with Crippen LogP contribution < -0.4 is 10.2 Å². The first-order chi connectivity index (χ1) is 13.4. The van der Waals surface area contributed by atoms with E-state index in [1.165, 1.54) is 6.92 Å². The number of halogens is 1. The summed E-state index contributed by atoms with van der Waals surface area (Å²) >= 11 is 6.01. The number of rotatable bonds is 6. The molecule has 28 heavy (non-hydrogen) atoms. The van der Waals surface area contributed by atoms with Gasteiger partial charge in [0.15, 0.2) is 6.10 Å². The molecule has 1 fully saturated rings. The molecule has 1 aliphatic rings. The van der Waals surface area contributed by atoms with Crippen molar-refractivity contribution >= 4 is 40.8 Å². The smallest absolute Gasteiger partial charge is 0.311 e. The second-order valence-electron chi connectivity index (χ2n) is 6.59. The number of hydrogen-bond donors (Lipinski definition) is 1. The third-order valence-corrected chi connectivity index (χ3v) is 4.81. The molecule has 3 rings (SSSR count). The van der Waals surface area contributed by atoms with Gasteiger partial charge in [-0.05, 0) is 43.2 Å². The number of carbonyl (C=O) groups excluding carboxylic acids is 3. The fourth-order valence-corrected chi connectivity index (χ4v) is 3.15. The molecule has 2 aromatic rings. The maximum Gasteiger partial charge on any atom is 0.311 e. The van der Waals surface area contributed by atoms with E-state index in [1.54, 1.807) is 41.3 Å². The Morgan fingerprint density at radius 3 is 2.54 bits per heavy atom. The maximum atomic E-state index is 12.2. The number of ether oxygens (including phenoxy) is 1. The van der Waals surface area contributed by atoms with Crippen LogP contribution in [0.25, 0.3) is 0 Å². The Morgan fingerprint density at radius 1 is 1.18 bits per heavy atom. The molecule has 1 aliphatic heterocycles. The summed E-state index contributed by atoms with van der Waals surface area (Å²) in [4.78, 5) is 37.9. The number of amides is 2. The van der Waals surface area contributed by atoms with E-state index in [9.17, 15) is 14.4 Å². The monoisotopic (exact) mass is 400 g/mol. The van der Waals surface area contributed by atoms with Gasteiger partial charge in [0.2, 0.25) is 5.91 Å². The number of benzene rings is 2. The third-order valence-electron chi connectivity index (χ3n) is 4.48. The van der Waals surface area contributed by atoms with Crippen LogP contribution in [0.15, 0.2) is 48.5 Å². The van der Waals surface area contributed by atoms with Gasteiger partial charge < -0.3 is 15.0 Å². The van der Waals surface area contributed by atoms with Crippen LogP contribution in [0.3, 0.4) is 0 Å². The highest BCUT2D eigenvalue weighted by atomic mass is 35.5. The molecule has 2 amide bonds. The quantitative estimate of drug-likeness (QED) is 0.752. The molecule has 1 atom stereocenters. The largest absolute Gasteiger partial charge is 0.452 e. The van der Waals surface area contributed by atoms with E-state index in [0.29, 0.717) is 17.1 Å². The molecule has 0 bridgehead atoms. The van der Waals surface area contributed by atoms with Gasteiger partial charge in [-0.2, -0.15) is 0 Å². The molecule has 0 saturated carbocycles. The van der Waals surface area contributed by atoms with Crippen molar-refractivity contribution in [1.29, 1.82) is 0 Å². The predicted octanol–water partition coefficient (Wildman–Crippen LogP) is 3.58. The molecule has 1 N–H and O–H groups in total. The Labute approximate surface area is 168 Å². The number of esters is 1. The lowest BCUT2D eigenvalue weighted by molar-refractivity contribution is -0.152. The number of carbonyl (C=O) groups is 3. The summed E-state index contributed by atoms with van der Waals surface area (Å²) in [5.41, 5.74) is 2.04. The van der Waals surface area contributed by atoms with Crippen molar-refractivity contribution in [3.63, 3.8) is 0 Å². The van der Waals surface area contributed by atoms with Crippen LogP contribution >= 0.6 is 11.6 Å². The van der Waals surface area contributed by atoms with E-state index in [1.807, 2.05) is 12.1 Å². The fourth-order valence-electron chi connectivity index (χ4n) is 2.97. The topological polar surface area (TPSA) is 75.7 Å². The van der Waals surface area contributed by atoms with Gasteiger partial charge >= 0.3 is 5.97 Å². The van der Waals surface area contributed by atoms with Crippen molar-refractivity contribution in [3.05, 3.63) is 59.1 Å². The molecular formula is C21H21ClN2O4. The second-order valence-corrected chi connectivity index (χ2v) is 7.00. The zero-order chi connectivity index (χ0) is 20.1. The van der Waals surface area contributed by atoms with Crippen LogP contribution in [-0.4, -0.2) is 30.4 Å². The molecule has 2 aromatic carbocycles. The molecule has 0 aliphatic carbocycles. The van der Waals surface area contributed by atoms with Gasteiger partial charge in [-0.1, -0.05) is 35.9 Å². The number of nitrogens with zero attached hydrogens (tertiary/aromatic N) is 1. The van der Waals surface area contributed by atoms with Gasteiger partial charge in [0, 0.05) is 18.7 Å². The first-order valence-corrected chi connectivity index (χ1v) is 9.46. The van der Waals surface area contributed by atoms with Crippen LogP contribution in [0.4, 0.5) is 11.4 Å². The van der Waals surface area contributed by atoms with Gasteiger partial charge in [0.25, 0.3) is 5.91 Å². The van der Waals surface area contributed by atoms with E-state index < -0.39 is 18.0 Å². The number of hydrogen-bond acceptors (Lipinski definition) is 4. The zero-order valence-corrected chi connectivity index (χ0v) is 16.2. The molecule has 6 nitrogen and oxygen atoms in total. The van der Waals surface area contributed by atoms with Crippen LogP contribution in [0.2, 0.25) is 5.02 Å². The Bertz CT molecular complexity index is 882. The minimum atomic E-state index is -0.953. The van der Waals surface area contributed by atoms with Gasteiger partial charge in [0.05, 0.1) is 17.1 Å². The average Bonchev–Trinajstić information content (AvgIpc) is 3.10. The van der Waals surface area contributed by atoms with Crippen LogP contribution in [0, 0.1) is 0 Å². The van der Waals surface area contributed by atoms with Crippen molar-refractivity contribution in [3.8, 4) is 0 Å². The first kappa shape index (κ1) is 19.9. The Balaban J connectivity index is 1.52. The number of para-hydroxylation sites is 1. The highest BCUT2D eigenvalue weighted by Crippen LogP contribution is 2.22. The van der Waals surface area contributed by atoms with Crippen molar-refractivity contribution in [2.75, 3.05) is 16.8 Å². The second kappa shape index (κ2) is 8.89. The summed E-state index contributed by atoms with van der Waals surface area (Å²) in [7, 11) is 0. The van der Waals surface area contributed by atoms with Crippen LogP contribution in [0.5, 0.6) is 0 Å². The minimum Gasteiger partial charge on any atom is -0.452 e. The highest BCUT2D eigenvalue weighted by molar-refractivity contribution is 6.33. The lowest BCUT2D eigenvalue weighted by Gasteiger charge is -2.16. The van der Waals surface area contributed by atoms with Gasteiger partial charge in [0.1, 0.15) is 0 Å². The van der Waals surface area contributed by atoms with Crippen LogP contribution in [-0.2, 0) is 25.5 Å². The predicted molar refractivity (Wildman–Crippen MR) is 107 cm³/mol. The van der Waals surface area contributed by atoms with Crippen LogP contribution in [0.1, 0.15) is 25.3 Å². The Morgan fingerprint density at radius 2 is 1.89 bits per heavy atom. The zero-order valence-electron chi connectivity index (χ0n) is 15.5. The van der Waals surface area contributed by atoms with E-state index in [2.05, 4.69) is 5.32 Å². The van der Waals surface area contributed by atoms with Gasteiger partial charge in [-0.15, -0.1) is 0 Å². The molecule has 7 heteroatoms. The molecular weight excluding hydrogens is 380 g/mol. The van der Waals surface area contributed by atoms with Crippen molar-refractivity contribution < 1.29 is 19.1 Å². The number of anilines is 2. The molecule has 146 valence electrons. The van der Waals surface area contributed by atoms with E-state index in [4.69, 9.17) is 16.3 Å². The molecule has 0 radical (unpaired) electrons. The molecule has 0 aromatic heterocycles. The van der Waals surface area contributed by atoms with Crippen molar-refractivity contribution in [2.24, 2.45) is 0 Å². The molecule has 1 saturated heterocycles. The van der Waals surface area contributed by atoms with Crippen molar-refractivity contribution in [2.45, 2.75) is 32.3 Å². The summed E-state index contributed by atoms with van der Waals surface area (Å²) < 4.78 is 5.22. The van der Waals surface area contributed by atoms with E-state index in [0.717, 1.165) is 24.2 Å². The normalized spacial score (nSPS) is 14.6. The van der Waals surface area contributed by atoms with Gasteiger partial charge in [-0.25, -0.2) is 0 Å². The van der Waals surface area contributed by atoms with Gasteiger partial charge in [-0.3, -0.25) is 14.4 Å². The average molecular weight is 401 g/mol. The lowest BCUT2D eigenvalue weighted by Crippen LogP contribution is -2.30. The van der Waals surface area contributed by atoms with Crippen molar-refractivity contribution in [1.82, 2.24) is 0 Å². The lowest BCUT2D eigenvalue weighted by atomic mass is 10.1. The van der Waals surface area contributed by atoms with E-state index in [-0.39, 0.29) is 12.3 Å². The number of nitrogens with one attached hydrogen (secondary N) is 1. The van der Waals surface area contributed by atoms with E-state index >= 15 is 0 Å². The fraction of sp³-hybridized carbons (Fsp3) is 0.286. The minimum absolute atomic E-state index is 0.0396. The molecule has 0 spiro atoms. The molecule has 1 heterocycles. The Hall–Kier alpha value is -2.86. The summed E-state index contributed by atoms with van der Waals surface area (Å²) in [6.07, 6.45) is 0.520. The summed E-state index contributed by atoms with van der Waals surface area (Å²) in [5.74, 6) is -0.846. The highest BCUT2D eigenvalue weighted by Gasteiger charge is 2.22. The SMILES string of the molecule is CC(OC(=O)Cc1ccc(N2CCCC2=O)cc1)C(=O)Nc1ccccc1Cl. The summed E-state index contributed by atoms with van der Waals surface area (Å²) in [6.45, 7) is 2.23. The first-order valence-electron chi connectivity index (χ1n) is 9.08. The standard InChI is InChI=1S/C21H21ClN2O4/c1-14(21(27)23-18-6-3-2-5-17(18)22)28-20(26)13-15-8-10-16(11-9-15)24-12-4-7-19(24)25/h2-3,5-6,8-11,14H,4,7,12-13H2,1H3,(H,23,27).